The van der Waals surface area contributed by atoms with E-state index in [0.717, 1.165) is 0 Å². The third-order valence-corrected chi connectivity index (χ3v) is 4.35. The number of carbonyl (C=O) groups is 1. The van der Waals surface area contributed by atoms with E-state index in [2.05, 4.69) is 10.5 Å². The van der Waals surface area contributed by atoms with E-state index in [9.17, 15) is 15.0 Å². The normalized spacial score (nSPS) is 11.5. The van der Waals surface area contributed by atoms with Crippen molar-refractivity contribution in [3.8, 4) is 5.75 Å². The zero-order chi connectivity index (χ0) is 19.3. The third-order valence-electron chi connectivity index (χ3n) is 4.35. The molecule has 0 aliphatic rings. The van der Waals surface area contributed by atoms with E-state index >= 15 is 0 Å². The third kappa shape index (κ3) is 3.73. The van der Waals surface area contributed by atoms with Gasteiger partial charge in [0.1, 0.15) is 5.75 Å². The molecule has 0 unspecified atom stereocenters. The maximum atomic E-state index is 12.9. The average molecular weight is 360 g/mol. The molecule has 0 bridgehead atoms. The van der Waals surface area contributed by atoms with Crippen LogP contribution in [0.4, 0.5) is 0 Å². The number of phenols is 1. The van der Waals surface area contributed by atoms with Crippen LogP contribution < -0.4 is 5.43 Å². The van der Waals surface area contributed by atoms with E-state index < -0.39 is 11.5 Å². The lowest BCUT2D eigenvalue weighted by atomic mass is 9.85. The minimum absolute atomic E-state index is 0.0943. The van der Waals surface area contributed by atoms with Crippen molar-refractivity contribution in [2.45, 2.75) is 12.5 Å². The molecule has 5 nitrogen and oxygen atoms in total. The Balaban J connectivity index is 1.91. The van der Waals surface area contributed by atoms with E-state index in [1.807, 2.05) is 12.1 Å². The van der Waals surface area contributed by atoms with Crippen molar-refractivity contribution in [3.05, 3.63) is 101 Å². The first-order chi connectivity index (χ1) is 13.0. The maximum absolute atomic E-state index is 12.9. The molecular formula is C22H20N2O3. The summed E-state index contributed by atoms with van der Waals surface area (Å²) >= 11 is 0. The Labute approximate surface area is 157 Å². The van der Waals surface area contributed by atoms with Gasteiger partial charge in [0.2, 0.25) is 0 Å². The van der Waals surface area contributed by atoms with Gasteiger partial charge in [0.25, 0.3) is 5.91 Å². The highest BCUT2D eigenvalue weighted by atomic mass is 16.3. The predicted octanol–water partition coefficient (Wildman–Crippen LogP) is 3.09. The van der Waals surface area contributed by atoms with Crippen LogP contribution in [0.5, 0.6) is 5.75 Å². The van der Waals surface area contributed by atoms with Gasteiger partial charge in [-0.3, -0.25) is 4.79 Å². The van der Waals surface area contributed by atoms with Crippen molar-refractivity contribution in [1.82, 2.24) is 5.43 Å². The summed E-state index contributed by atoms with van der Waals surface area (Å²) in [6, 6.07) is 22.6. The predicted molar refractivity (Wildman–Crippen MR) is 104 cm³/mol. The molecule has 0 saturated heterocycles. The summed E-state index contributed by atoms with van der Waals surface area (Å²) in [5, 5.41) is 25.2. The molecular weight excluding hydrogens is 340 g/mol. The maximum Gasteiger partial charge on any atom is 0.281 e. The number of hydrogen-bond acceptors (Lipinski definition) is 4. The zero-order valence-corrected chi connectivity index (χ0v) is 14.8. The van der Waals surface area contributed by atoms with Crippen LogP contribution in [0, 0.1) is 6.92 Å². The highest BCUT2D eigenvalue weighted by molar-refractivity contribution is 5.91. The number of aliphatic hydroxyl groups is 1. The first kappa shape index (κ1) is 18.4. The molecule has 3 aromatic rings. The number of nitrogens with zero attached hydrogens (tertiary/aromatic N) is 1. The molecule has 0 saturated carbocycles. The van der Waals surface area contributed by atoms with Crippen LogP contribution in [0.1, 0.15) is 22.3 Å². The second kappa shape index (κ2) is 7.85. The van der Waals surface area contributed by atoms with Gasteiger partial charge in [-0.1, -0.05) is 72.8 Å². The molecule has 0 heterocycles. The quantitative estimate of drug-likeness (QED) is 0.483. The SMILES string of the molecule is Cc1cccc(/C=N\NC(=O)C(O)(c2ccccc2)c2ccccc2)c1O. The van der Waals surface area contributed by atoms with E-state index in [0.29, 0.717) is 22.3 Å². The molecule has 3 rings (SSSR count). The number of para-hydroxylation sites is 1. The van der Waals surface area contributed by atoms with Crippen molar-refractivity contribution in [1.29, 1.82) is 0 Å². The van der Waals surface area contributed by atoms with Gasteiger partial charge in [-0.05, 0) is 29.7 Å². The Morgan fingerprint density at radius 2 is 1.48 bits per heavy atom. The molecule has 0 aromatic heterocycles. The molecule has 0 spiro atoms. The smallest absolute Gasteiger partial charge is 0.281 e. The van der Waals surface area contributed by atoms with Gasteiger partial charge in [0.05, 0.1) is 6.21 Å². The summed E-state index contributed by atoms with van der Waals surface area (Å²) in [6.45, 7) is 1.77. The standard InChI is InChI=1S/C22H20N2O3/c1-16-9-8-10-17(20(16)25)15-23-24-21(26)22(27,18-11-4-2-5-12-18)19-13-6-3-7-14-19/h2-15,25,27H,1H3,(H,24,26)/b23-15-. The molecule has 3 aromatic carbocycles. The lowest BCUT2D eigenvalue weighted by molar-refractivity contribution is -0.136. The minimum Gasteiger partial charge on any atom is -0.507 e. The van der Waals surface area contributed by atoms with Crippen LogP contribution in [0.2, 0.25) is 0 Å². The Morgan fingerprint density at radius 3 is 2.04 bits per heavy atom. The van der Waals surface area contributed by atoms with Crippen LogP contribution in [0.15, 0.2) is 84.0 Å². The Hall–Kier alpha value is -3.44. The summed E-state index contributed by atoms with van der Waals surface area (Å²) in [5.41, 5.74) is 2.53. The number of aromatic hydroxyl groups is 1. The Bertz CT molecular complexity index is 914. The molecule has 0 aliphatic carbocycles. The van der Waals surface area contributed by atoms with Crippen molar-refractivity contribution < 1.29 is 15.0 Å². The van der Waals surface area contributed by atoms with Crippen LogP contribution in [0.25, 0.3) is 0 Å². The van der Waals surface area contributed by atoms with Gasteiger partial charge >= 0.3 is 0 Å². The summed E-state index contributed by atoms with van der Waals surface area (Å²) < 4.78 is 0. The van der Waals surface area contributed by atoms with Crippen LogP contribution in [-0.4, -0.2) is 22.3 Å². The van der Waals surface area contributed by atoms with Crippen LogP contribution in [0.3, 0.4) is 0 Å². The highest BCUT2D eigenvalue weighted by Crippen LogP contribution is 2.29. The van der Waals surface area contributed by atoms with Gasteiger partial charge < -0.3 is 10.2 Å². The number of aryl methyl sites for hydroxylation is 1. The largest absolute Gasteiger partial charge is 0.507 e. The topological polar surface area (TPSA) is 81.9 Å². The van der Waals surface area contributed by atoms with E-state index in [4.69, 9.17) is 0 Å². The van der Waals surface area contributed by atoms with Gasteiger partial charge in [-0.2, -0.15) is 5.10 Å². The lowest BCUT2D eigenvalue weighted by Gasteiger charge is -2.27. The van der Waals surface area contributed by atoms with Crippen molar-refractivity contribution in [2.75, 3.05) is 0 Å². The molecule has 0 radical (unpaired) electrons. The van der Waals surface area contributed by atoms with Crippen LogP contribution >= 0.6 is 0 Å². The number of benzene rings is 3. The fourth-order valence-corrected chi connectivity index (χ4v) is 2.81. The summed E-state index contributed by atoms with van der Waals surface area (Å²) in [5.74, 6) is -0.597. The molecule has 0 aliphatic heterocycles. The first-order valence-electron chi connectivity index (χ1n) is 8.49. The highest BCUT2D eigenvalue weighted by Gasteiger charge is 2.39. The number of amides is 1. The second-order valence-corrected chi connectivity index (χ2v) is 6.15. The Morgan fingerprint density at radius 1 is 0.926 bits per heavy atom. The van der Waals surface area contributed by atoms with Gasteiger partial charge in [0, 0.05) is 5.56 Å². The van der Waals surface area contributed by atoms with Crippen molar-refractivity contribution in [3.63, 3.8) is 0 Å². The number of nitrogens with one attached hydrogen (secondary N) is 1. The molecule has 136 valence electrons. The fraction of sp³-hybridized carbons (Fsp3) is 0.0909. The molecule has 5 heteroatoms. The van der Waals surface area contributed by atoms with E-state index in [1.165, 1.54) is 6.21 Å². The Kier molecular flexibility index (Phi) is 5.33. The summed E-state index contributed by atoms with van der Waals surface area (Å²) in [7, 11) is 0. The number of hydrogen-bond donors (Lipinski definition) is 3. The monoisotopic (exact) mass is 360 g/mol. The number of carbonyl (C=O) groups excluding carboxylic acids is 1. The number of hydrazone groups is 1. The van der Waals surface area contributed by atoms with Crippen LogP contribution in [-0.2, 0) is 10.4 Å². The summed E-state index contributed by atoms with van der Waals surface area (Å²) in [4.78, 5) is 12.9. The average Bonchev–Trinajstić information content (AvgIpc) is 2.71. The zero-order valence-electron chi connectivity index (χ0n) is 14.8. The molecule has 3 N–H and O–H groups in total. The fourth-order valence-electron chi connectivity index (χ4n) is 2.81. The number of rotatable bonds is 5. The van der Waals surface area contributed by atoms with Gasteiger partial charge in [-0.15, -0.1) is 0 Å². The van der Waals surface area contributed by atoms with Crippen molar-refractivity contribution >= 4 is 12.1 Å². The molecule has 1 amide bonds. The second-order valence-electron chi connectivity index (χ2n) is 6.15. The first-order valence-corrected chi connectivity index (χ1v) is 8.49. The number of phenolic OH excluding ortho intramolecular Hbond substituents is 1. The van der Waals surface area contributed by atoms with Gasteiger partial charge in [0.15, 0.2) is 5.60 Å². The van der Waals surface area contributed by atoms with E-state index in [-0.39, 0.29) is 5.75 Å². The molecule has 0 atom stereocenters. The van der Waals surface area contributed by atoms with Gasteiger partial charge in [-0.25, -0.2) is 5.43 Å². The van der Waals surface area contributed by atoms with Crippen molar-refractivity contribution in [2.24, 2.45) is 5.10 Å². The summed E-state index contributed by atoms with van der Waals surface area (Å²) in [6.07, 6.45) is 1.34. The minimum atomic E-state index is -1.89. The molecule has 27 heavy (non-hydrogen) atoms. The van der Waals surface area contributed by atoms with E-state index in [1.54, 1.807) is 73.7 Å². The molecule has 0 fully saturated rings. The lowest BCUT2D eigenvalue weighted by Crippen LogP contribution is -2.43.